The van der Waals surface area contributed by atoms with E-state index in [4.69, 9.17) is 10.6 Å². The predicted octanol–water partition coefficient (Wildman–Crippen LogP) is 6.02. The van der Waals surface area contributed by atoms with Gasteiger partial charge in [0, 0.05) is 0 Å². The van der Waals surface area contributed by atoms with E-state index in [0.717, 1.165) is 44.0 Å². The molecule has 0 bridgehead atoms. The first-order valence-electron chi connectivity index (χ1n) is 17.2. The Labute approximate surface area is 300 Å². The van der Waals surface area contributed by atoms with Gasteiger partial charge in [0.25, 0.3) is 0 Å². The van der Waals surface area contributed by atoms with E-state index >= 15 is 0 Å². The molecule has 4 nitrogen and oxygen atoms in total. The molecule has 6 aromatic carbocycles. The van der Waals surface area contributed by atoms with Crippen LogP contribution >= 0.6 is 0 Å². The third-order valence-corrected chi connectivity index (χ3v) is 27.5. The SMILES string of the molecule is CCC[O][Zr]([O]CCC)([O][Si](c1ccccc1)(c1ccccc1)c1ccccc1)[O][Si](c1ccccc1)(c1ccccc1)c1ccccc1. The van der Waals surface area contributed by atoms with Gasteiger partial charge in [-0.15, -0.1) is 0 Å². The fraction of sp³-hybridized carbons (Fsp3) is 0.143. The molecular weight excluding hydrogens is 716 g/mol. The van der Waals surface area contributed by atoms with Crippen LogP contribution in [-0.2, 0) is 32.7 Å². The molecule has 6 rings (SSSR count). The predicted molar refractivity (Wildman–Crippen MR) is 203 cm³/mol. The molecule has 0 atom stereocenters. The van der Waals surface area contributed by atoms with Gasteiger partial charge in [0.1, 0.15) is 0 Å². The fourth-order valence-electron chi connectivity index (χ4n) is 6.40. The summed E-state index contributed by atoms with van der Waals surface area (Å²) in [6.45, 7) is 5.18. The Morgan fingerprint density at radius 2 is 0.551 bits per heavy atom. The molecule has 0 saturated heterocycles. The van der Waals surface area contributed by atoms with Gasteiger partial charge in [-0.1, -0.05) is 0 Å². The van der Waals surface area contributed by atoms with Crippen LogP contribution in [0.3, 0.4) is 0 Å². The van der Waals surface area contributed by atoms with Crippen LogP contribution in [0.25, 0.3) is 0 Å². The van der Waals surface area contributed by atoms with E-state index in [2.05, 4.69) is 196 Å². The zero-order valence-electron chi connectivity index (χ0n) is 28.3. The average Bonchev–Trinajstić information content (AvgIpc) is 3.19. The zero-order chi connectivity index (χ0) is 33.8. The van der Waals surface area contributed by atoms with Crippen molar-refractivity contribution < 1.29 is 32.7 Å². The van der Waals surface area contributed by atoms with E-state index in [-0.39, 0.29) is 0 Å². The van der Waals surface area contributed by atoms with Crippen LogP contribution in [0.1, 0.15) is 26.7 Å². The summed E-state index contributed by atoms with van der Waals surface area (Å²) in [6.07, 6.45) is 1.60. The molecule has 0 aliphatic carbocycles. The van der Waals surface area contributed by atoms with Crippen LogP contribution in [0, 0.1) is 0 Å². The van der Waals surface area contributed by atoms with E-state index in [1.165, 1.54) is 0 Å². The first-order chi connectivity index (χ1) is 24.2. The van der Waals surface area contributed by atoms with Gasteiger partial charge >= 0.3 is 302 Å². The van der Waals surface area contributed by atoms with Gasteiger partial charge < -0.3 is 0 Å². The van der Waals surface area contributed by atoms with Crippen molar-refractivity contribution in [3.05, 3.63) is 182 Å². The Kier molecular flexibility index (Phi) is 12.2. The minimum atomic E-state index is -5.21. The molecule has 0 N–H and O–H groups in total. The third kappa shape index (κ3) is 7.64. The minimum absolute atomic E-state index is 0.464. The van der Waals surface area contributed by atoms with Crippen LogP contribution < -0.4 is 31.1 Å². The molecule has 6 aromatic rings. The molecule has 248 valence electrons. The molecule has 0 unspecified atom stereocenters. The fourth-order valence-corrected chi connectivity index (χ4v) is 30.1. The van der Waals surface area contributed by atoms with Gasteiger partial charge in [-0.2, -0.15) is 0 Å². The van der Waals surface area contributed by atoms with Gasteiger partial charge in [0.15, 0.2) is 0 Å². The van der Waals surface area contributed by atoms with Gasteiger partial charge in [-0.25, -0.2) is 0 Å². The second-order valence-corrected chi connectivity index (χ2v) is 25.4. The third-order valence-electron chi connectivity index (χ3n) is 8.60. The van der Waals surface area contributed by atoms with Crippen LogP contribution in [0.5, 0.6) is 0 Å². The van der Waals surface area contributed by atoms with Crippen molar-refractivity contribution in [2.75, 3.05) is 13.2 Å². The molecule has 0 aliphatic rings. The summed E-state index contributed by atoms with van der Waals surface area (Å²) in [4.78, 5) is 0. The molecule has 0 amide bonds. The molecular formula is C42H44O4Si2Zr. The van der Waals surface area contributed by atoms with Gasteiger partial charge in [0.2, 0.25) is 0 Å². The molecule has 0 aliphatic heterocycles. The van der Waals surface area contributed by atoms with E-state index < -0.39 is 38.7 Å². The number of rotatable bonds is 16. The van der Waals surface area contributed by atoms with Crippen LogP contribution in [0.2, 0.25) is 0 Å². The summed E-state index contributed by atoms with van der Waals surface area (Å²) in [5.74, 6) is 0. The van der Waals surface area contributed by atoms with E-state index in [1.807, 2.05) is 0 Å². The molecule has 0 fully saturated rings. The molecule has 49 heavy (non-hydrogen) atoms. The van der Waals surface area contributed by atoms with Gasteiger partial charge in [-0.3, -0.25) is 0 Å². The molecule has 0 saturated carbocycles. The summed E-state index contributed by atoms with van der Waals surface area (Å²) in [6, 6.07) is 63.9. The first kappa shape index (κ1) is 35.3. The summed E-state index contributed by atoms with van der Waals surface area (Å²) < 4.78 is 30.3. The van der Waals surface area contributed by atoms with Crippen LogP contribution in [0.4, 0.5) is 0 Å². The standard InChI is InChI=1S/2C18H15OSi.2C3H7O.Zr/c2*19-20(16-10-4-1-5-11-16,17-12-6-2-7-13-17)18-14-8-3-9-15-18;2*1-2-3-4;/h2*1-15H;2*2-3H2,1H3;/q4*-1;+4. The summed E-state index contributed by atoms with van der Waals surface area (Å²) >= 11 is -5.21. The number of hydrogen-bond acceptors (Lipinski definition) is 4. The van der Waals surface area contributed by atoms with Crippen molar-refractivity contribution in [2.45, 2.75) is 26.7 Å². The van der Waals surface area contributed by atoms with Crippen molar-refractivity contribution in [1.29, 1.82) is 0 Å². The van der Waals surface area contributed by atoms with Gasteiger partial charge in [-0.05, 0) is 0 Å². The molecule has 0 heterocycles. The second kappa shape index (κ2) is 16.9. The number of benzene rings is 6. The van der Waals surface area contributed by atoms with Crippen LogP contribution in [0.15, 0.2) is 182 Å². The van der Waals surface area contributed by atoms with E-state index in [9.17, 15) is 0 Å². The number of hydrogen-bond donors (Lipinski definition) is 0. The first-order valence-corrected chi connectivity index (χ1v) is 25.0. The van der Waals surface area contributed by atoms with Crippen molar-refractivity contribution in [1.82, 2.24) is 0 Å². The maximum absolute atomic E-state index is 8.03. The monoisotopic (exact) mass is 758 g/mol. The zero-order valence-corrected chi connectivity index (χ0v) is 32.7. The topological polar surface area (TPSA) is 36.9 Å². The van der Waals surface area contributed by atoms with Crippen molar-refractivity contribution in [2.24, 2.45) is 0 Å². The van der Waals surface area contributed by atoms with E-state index in [1.54, 1.807) is 0 Å². The summed E-state index contributed by atoms with van der Waals surface area (Å²) in [5, 5.41) is 6.69. The molecule has 7 heteroatoms. The van der Waals surface area contributed by atoms with Crippen molar-refractivity contribution >= 4 is 47.8 Å². The summed E-state index contributed by atoms with van der Waals surface area (Å²) in [5.41, 5.74) is 0. The van der Waals surface area contributed by atoms with Crippen molar-refractivity contribution in [3.63, 3.8) is 0 Å². The second-order valence-electron chi connectivity index (χ2n) is 12.0. The Bertz CT molecular complexity index is 1500. The quantitative estimate of drug-likeness (QED) is 0.0895. The van der Waals surface area contributed by atoms with Gasteiger partial charge in [0.05, 0.1) is 0 Å². The Balaban J connectivity index is 1.68. The summed E-state index contributed by atoms with van der Waals surface area (Å²) in [7, 11) is -6.64. The van der Waals surface area contributed by atoms with Crippen molar-refractivity contribution in [3.8, 4) is 0 Å². The van der Waals surface area contributed by atoms with Crippen LogP contribution in [-0.4, -0.2) is 29.8 Å². The Morgan fingerprint density at radius 1 is 0.347 bits per heavy atom. The van der Waals surface area contributed by atoms with E-state index in [0.29, 0.717) is 13.2 Å². The Hall–Kier alpha value is -3.52. The molecule has 0 aromatic heterocycles. The maximum atomic E-state index is 8.03. The molecule has 0 radical (unpaired) electrons. The average molecular weight is 760 g/mol. The Morgan fingerprint density at radius 3 is 0.735 bits per heavy atom. The molecule has 0 spiro atoms. The normalized spacial score (nSPS) is 12.1.